The van der Waals surface area contributed by atoms with Gasteiger partial charge in [-0.1, -0.05) is 25.2 Å². The van der Waals surface area contributed by atoms with Gasteiger partial charge < -0.3 is 9.64 Å². The molecule has 0 aromatic carbocycles. The van der Waals surface area contributed by atoms with Crippen LogP contribution in [-0.2, 0) is 10.0 Å². The maximum absolute atomic E-state index is 12.4. The first-order valence-electron chi connectivity index (χ1n) is 9.22. The summed E-state index contributed by atoms with van der Waals surface area (Å²) in [6.07, 6.45) is 5.95. The first-order chi connectivity index (χ1) is 11.9. The van der Waals surface area contributed by atoms with E-state index in [0.717, 1.165) is 44.0 Å². The van der Waals surface area contributed by atoms with Crippen molar-refractivity contribution in [3.05, 3.63) is 11.6 Å². The Morgan fingerprint density at radius 3 is 2.44 bits per heavy atom. The molecule has 6 nitrogen and oxygen atoms in total. The summed E-state index contributed by atoms with van der Waals surface area (Å²) in [5, 5.41) is 2.70. The number of ether oxygens (including phenoxy) is 1. The van der Waals surface area contributed by atoms with Gasteiger partial charge in [-0.3, -0.25) is 0 Å². The van der Waals surface area contributed by atoms with Gasteiger partial charge >= 0.3 is 0 Å². The molecule has 2 aliphatic rings. The molecule has 0 radical (unpaired) electrons. The van der Waals surface area contributed by atoms with Crippen molar-refractivity contribution in [3.8, 4) is 5.19 Å². The number of piperidine rings is 2. The molecular formula is C17H29N3O3S2. The highest BCUT2D eigenvalue weighted by Crippen LogP contribution is 2.25. The van der Waals surface area contributed by atoms with Crippen molar-refractivity contribution in [1.82, 2.24) is 14.2 Å². The lowest BCUT2D eigenvalue weighted by Crippen LogP contribution is -2.50. The highest BCUT2D eigenvalue weighted by molar-refractivity contribution is 7.89. The van der Waals surface area contributed by atoms with E-state index in [2.05, 4.69) is 9.88 Å². The third-order valence-electron chi connectivity index (χ3n) is 5.03. The highest BCUT2D eigenvalue weighted by atomic mass is 32.2. The summed E-state index contributed by atoms with van der Waals surface area (Å²) >= 11 is 1.54. The second-order valence-electron chi connectivity index (χ2n) is 7.45. The Balaban J connectivity index is 1.43. The third kappa shape index (κ3) is 5.15. The van der Waals surface area contributed by atoms with Crippen molar-refractivity contribution in [1.29, 1.82) is 0 Å². The molecule has 0 unspecified atom stereocenters. The van der Waals surface area contributed by atoms with Gasteiger partial charge in [-0.05, 0) is 31.6 Å². The van der Waals surface area contributed by atoms with Crippen LogP contribution >= 0.6 is 11.3 Å². The van der Waals surface area contributed by atoms with Gasteiger partial charge in [-0.15, -0.1) is 0 Å². The van der Waals surface area contributed by atoms with E-state index in [1.807, 2.05) is 19.2 Å². The molecule has 8 heteroatoms. The lowest BCUT2D eigenvalue weighted by Gasteiger charge is -2.41. The molecule has 1 aromatic heterocycles. The molecule has 0 N–H and O–H groups in total. The van der Waals surface area contributed by atoms with Gasteiger partial charge in [-0.2, -0.15) is 0 Å². The SMILES string of the molecule is CC(C)CS(=O)(=O)N1CCC(N2CCC(Oc3nccs3)CC2)CC1. The van der Waals surface area contributed by atoms with Crippen molar-refractivity contribution in [2.24, 2.45) is 5.92 Å². The second-order valence-corrected chi connectivity index (χ2v) is 10.3. The fourth-order valence-electron chi connectivity index (χ4n) is 3.78. The summed E-state index contributed by atoms with van der Waals surface area (Å²) in [4.78, 5) is 6.71. The van der Waals surface area contributed by atoms with Gasteiger partial charge in [0.05, 0.1) is 5.75 Å². The maximum Gasteiger partial charge on any atom is 0.273 e. The Morgan fingerprint density at radius 2 is 1.88 bits per heavy atom. The molecule has 0 spiro atoms. The van der Waals surface area contributed by atoms with Gasteiger partial charge in [0.15, 0.2) is 0 Å². The number of likely N-dealkylation sites (tertiary alicyclic amines) is 1. The zero-order valence-corrected chi connectivity index (χ0v) is 16.8. The molecule has 2 fully saturated rings. The van der Waals surface area contributed by atoms with Crippen LogP contribution in [0, 0.1) is 5.92 Å². The van der Waals surface area contributed by atoms with Crippen molar-refractivity contribution in [3.63, 3.8) is 0 Å². The number of hydrogen-bond donors (Lipinski definition) is 0. The van der Waals surface area contributed by atoms with Crippen molar-refractivity contribution >= 4 is 21.4 Å². The van der Waals surface area contributed by atoms with Crippen LogP contribution < -0.4 is 4.74 Å². The number of sulfonamides is 1. The van der Waals surface area contributed by atoms with E-state index in [-0.39, 0.29) is 17.8 Å². The second kappa shape index (κ2) is 8.33. The van der Waals surface area contributed by atoms with E-state index in [9.17, 15) is 8.42 Å². The monoisotopic (exact) mass is 387 g/mol. The Hall–Kier alpha value is -0.700. The average molecular weight is 388 g/mol. The molecule has 0 amide bonds. The number of nitrogens with zero attached hydrogens (tertiary/aromatic N) is 3. The quantitative estimate of drug-likeness (QED) is 0.750. The number of aromatic nitrogens is 1. The first-order valence-corrected chi connectivity index (χ1v) is 11.7. The topological polar surface area (TPSA) is 62.7 Å². The minimum absolute atomic E-state index is 0.180. The van der Waals surface area contributed by atoms with Gasteiger partial charge in [-0.25, -0.2) is 17.7 Å². The summed E-state index contributed by atoms with van der Waals surface area (Å²) in [6.45, 7) is 7.30. The van der Waals surface area contributed by atoms with Crippen LogP contribution in [0.2, 0.25) is 0 Å². The number of thiazole rings is 1. The van der Waals surface area contributed by atoms with Crippen molar-refractivity contribution < 1.29 is 13.2 Å². The molecule has 3 heterocycles. The summed E-state index contributed by atoms with van der Waals surface area (Å²) in [5.41, 5.74) is 0. The fourth-order valence-corrected chi connectivity index (χ4v) is 6.15. The molecular weight excluding hydrogens is 358 g/mol. The minimum atomic E-state index is -3.09. The minimum Gasteiger partial charge on any atom is -0.467 e. The average Bonchev–Trinajstić information content (AvgIpc) is 3.08. The lowest BCUT2D eigenvalue weighted by atomic mass is 10.00. The van der Waals surface area contributed by atoms with E-state index in [1.165, 1.54) is 0 Å². The van der Waals surface area contributed by atoms with Crippen LogP contribution in [-0.4, -0.2) is 66.7 Å². The predicted molar refractivity (Wildman–Crippen MR) is 101 cm³/mol. The zero-order chi connectivity index (χ0) is 17.9. The van der Waals surface area contributed by atoms with E-state index in [0.29, 0.717) is 19.1 Å². The largest absolute Gasteiger partial charge is 0.467 e. The van der Waals surface area contributed by atoms with Gasteiger partial charge in [0.25, 0.3) is 5.19 Å². The molecule has 2 aliphatic heterocycles. The summed E-state index contributed by atoms with van der Waals surface area (Å²) in [7, 11) is -3.09. The Kier molecular flexibility index (Phi) is 6.35. The molecule has 25 heavy (non-hydrogen) atoms. The number of rotatable bonds is 6. The molecule has 0 aliphatic carbocycles. The van der Waals surface area contributed by atoms with Gasteiger partial charge in [0.2, 0.25) is 10.0 Å². The van der Waals surface area contributed by atoms with Gasteiger partial charge in [0.1, 0.15) is 6.10 Å². The molecule has 0 saturated carbocycles. The van der Waals surface area contributed by atoms with E-state index in [4.69, 9.17) is 4.74 Å². The molecule has 1 aromatic rings. The molecule has 3 rings (SSSR count). The zero-order valence-electron chi connectivity index (χ0n) is 15.1. The summed E-state index contributed by atoms with van der Waals surface area (Å²) < 4.78 is 32.3. The number of hydrogen-bond acceptors (Lipinski definition) is 6. The van der Waals surface area contributed by atoms with E-state index in [1.54, 1.807) is 21.8 Å². The van der Waals surface area contributed by atoms with Crippen LogP contribution in [0.15, 0.2) is 11.6 Å². The van der Waals surface area contributed by atoms with Crippen LogP contribution in [0.5, 0.6) is 5.19 Å². The first kappa shape index (κ1) is 19.1. The standard InChI is InChI=1S/C17H29N3O3S2/c1-14(2)13-25(21,22)20-10-3-15(4-11-20)19-8-5-16(6-9-19)23-17-18-7-12-24-17/h7,12,14-16H,3-6,8-11,13H2,1-2H3. The predicted octanol–water partition coefficient (Wildman–Crippen LogP) is 2.44. The molecule has 0 bridgehead atoms. The summed E-state index contributed by atoms with van der Waals surface area (Å²) in [6, 6.07) is 0.506. The van der Waals surface area contributed by atoms with Crippen molar-refractivity contribution in [2.45, 2.75) is 51.7 Å². The van der Waals surface area contributed by atoms with Crippen LogP contribution in [0.1, 0.15) is 39.5 Å². The fraction of sp³-hybridized carbons (Fsp3) is 0.824. The van der Waals surface area contributed by atoms with E-state index < -0.39 is 10.0 Å². The van der Waals surface area contributed by atoms with Crippen LogP contribution in [0.25, 0.3) is 0 Å². The Labute approximate surface area is 155 Å². The molecule has 142 valence electrons. The normalized spacial score (nSPS) is 22.5. The highest BCUT2D eigenvalue weighted by Gasteiger charge is 2.32. The molecule has 0 atom stereocenters. The lowest BCUT2D eigenvalue weighted by molar-refractivity contribution is 0.0584. The van der Waals surface area contributed by atoms with Crippen LogP contribution in [0.3, 0.4) is 0 Å². The summed E-state index contributed by atoms with van der Waals surface area (Å²) in [5.74, 6) is 0.441. The smallest absolute Gasteiger partial charge is 0.273 e. The Morgan fingerprint density at radius 1 is 1.20 bits per heavy atom. The maximum atomic E-state index is 12.4. The van der Waals surface area contributed by atoms with Crippen LogP contribution in [0.4, 0.5) is 0 Å². The van der Waals surface area contributed by atoms with E-state index >= 15 is 0 Å². The van der Waals surface area contributed by atoms with Gasteiger partial charge in [0, 0.05) is 43.8 Å². The van der Waals surface area contributed by atoms with Crippen molar-refractivity contribution in [2.75, 3.05) is 31.9 Å². The Bertz CT molecular complexity index is 618. The molecule has 2 saturated heterocycles. The third-order valence-corrected chi connectivity index (χ3v) is 7.93.